The lowest BCUT2D eigenvalue weighted by Crippen LogP contribution is -2.43. The summed E-state index contributed by atoms with van der Waals surface area (Å²) < 4.78 is 47.0. The summed E-state index contributed by atoms with van der Waals surface area (Å²) in [6, 6.07) is 24.3. The number of Topliss-reactive ketones (excluding diaryl/α,β-unsaturated/α-hetero) is 1. The molecule has 1 heterocycles. The number of aliphatic hydroxyl groups is 1. The van der Waals surface area contributed by atoms with Gasteiger partial charge in [0.05, 0.1) is 23.2 Å². The first-order chi connectivity index (χ1) is 20.2. The monoisotopic (exact) mass is 602 g/mol. The molecule has 0 spiro atoms. The quantitative estimate of drug-likeness (QED) is 0.216. The normalized spacial score (nSPS) is 16.3. The summed E-state index contributed by atoms with van der Waals surface area (Å²) in [6.07, 6.45) is -2.04. The maximum Gasteiger partial charge on any atom is 0.417 e. The predicted octanol–water partition coefficient (Wildman–Crippen LogP) is 6.43. The van der Waals surface area contributed by atoms with Crippen LogP contribution in [-0.4, -0.2) is 72.7 Å². The minimum absolute atomic E-state index is 0.00186. The molecule has 1 N–H and O–H groups in total. The van der Waals surface area contributed by atoms with Crippen molar-refractivity contribution in [3.8, 4) is 0 Å². The highest BCUT2D eigenvalue weighted by molar-refractivity contribution is 6.32. The van der Waals surface area contributed by atoms with E-state index in [-0.39, 0.29) is 35.9 Å². The lowest BCUT2D eigenvalue weighted by Gasteiger charge is -2.32. The average molecular weight is 603 g/mol. The van der Waals surface area contributed by atoms with E-state index in [1.807, 2.05) is 41.3 Å². The largest absolute Gasteiger partial charge is 0.417 e. The number of carbonyl (C=O) groups excluding carboxylic acids is 1. The maximum atomic E-state index is 13.6. The fraction of sp³-hybridized carbons (Fsp3) is 0.424. The van der Waals surface area contributed by atoms with Gasteiger partial charge in [-0.1, -0.05) is 84.4 Å². The molecule has 1 unspecified atom stereocenters. The molecule has 3 aromatic rings. The number of hydrogen-bond donors (Lipinski definition) is 1. The number of carbonyl (C=O) groups is 1. The highest BCUT2D eigenvalue weighted by Crippen LogP contribution is 2.37. The molecule has 4 rings (SSSR count). The van der Waals surface area contributed by atoms with E-state index in [4.69, 9.17) is 21.4 Å². The zero-order valence-corrected chi connectivity index (χ0v) is 24.4. The zero-order valence-electron chi connectivity index (χ0n) is 23.6. The molecule has 42 heavy (non-hydrogen) atoms. The molecule has 0 saturated carbocycles. The third-order valence-electron chi connectivity index (χ3n) is 7.63. The van der Waals surface area contributed by atoms with Crippen LogP contribution in [0.2, 0.25) is 5.02 Å². The summed E-state index contributed by atoms with van der Waals surface area (Å²) in [5, 5.41) is 8.80. The summed E-state index contributed by atoms with van der Waals surface area (Å²) in [5.74, 6) is -0.195. The molecule has 1 saturated heterocycles. The second kappa shape index (κ2) is 15.6. The number of ether oxygens (including phenoxy) is 1. The molecule has 0 bridgehead atoms. The Balaban J connectivity index is 1.48. The molecule has 0 aromatic heterocycles. The van der Waals surface area contributed by atoms with E-state index < -0.39 is 18.3 Å². The molecule has 1 fully saturated rings. The lowest BCUT2D eigenvalue weighted by atomic mass is 9.90. The van der Waals surface area contributed by atoms with Gasteiger partial charge in [-0.2, -0.15) is 13.2 Å². The van der Waals surface area contributed by atoms with Gasteiger partial charge in [0, 0.05) is 38.7 Å². The first-order valence-electron chi connectivity index (χ1n) is 14.4. The van der Waals surface area contributed by atoms with Gasteiger partial charge in [-0.25, -0.2) is 0 Å². The number of benzene rings is 3. The van der Waals surface area contributed by atoms with Gasteiger partial charge in [-0.05, 0) is 48.6 Å². The standard InChI is InChI=1S/C33H38ClF3N2O3/c34-32-27(14-7-16-31(32)33(35,36)37)20-38(18-9-19-42-29-15-8-17-39(22-29)21-28(41)24-40)23-30(25-10-3-1-4-11-25)26-12-5-2-6-13-26/h1-7,10-14,16,29-30,40H,8-9,15,17-24H2. The predicted molar refractivity (Wildman–Crippen MR) is 159 cm³/mol. The van der Waals surface area contributed by atoms with Crippen molar-refractivity contribution >= 4 is 17.4 Å². The fourth-order valence-electron chi connectivity index (χ4n) is 5.56. The molecule has 5 nitrogen and oxygen atoms in total. The smallest absolute Gasteiger partial charge is 0.389 e. The zero-order chi connectivity index (χ0) is 30.0. The molecule has 9 heteroatoms. The molecule has 226 valence electrons. The van der Waals surface area contributed by atoms with Crippen molar-refractivity contribution in [1.29, 1.82) is 0 Å². The van der Waals surface area contributed by atoms with Crippen LogP contribution in [0.5, 0.6) is 0 Å². The van der Waals surface area contributed by atoms with Crippen LogP contribution >= 0.6 is 11.6 Å². The van der Waals surface area contributed by atoms with Crippen LogP contribution in [0.3, 0.4) is 0 Å². The highest BCUT2D eigenvalue weighted by Gasteiger charge is 2.34. The first kappa shape index (κ1) is 32.2. The highest BCUT2D eigenvalue weighted by atomic mass is 35.5. The van der Waals surface area contributed by atoms with E-state index in [0.717, 1.165) is 36.6 Å². The van der Waals surface area contributed by atoms with E-state index in [2.05, 4.69) is 29.2 Å². The summed E-state index contributed by atoms with van der Waals surface area (Å²) in [7, 11) is 0. The molecule has 1 atom stereocenters. The Hall–Kier alpha value is -2.75. The second-order valence-electron chi connectivity index (χ2n) is 10.8. The molecule has 1 aliphatic rings. The Morgan fingerprint density at radius 2 is 1.69 bits per heavy atom. The summed E-state index contributed by atoms with van der Waals surface area (Å²) in [4.78, 5) is 15.8. The number of ketones is 1. The van der Waals surface area contributed by atoms with E-state index >= 15 is 0 Å². The van der Waals surface area contributed by atoms with Gasteiger partial charge in [-0.15, -0.1) is 0 Å². The fourth-order valence-corrected chi connectivity index (χ4v) is 5.85. The number of halogens is 4. The van der Waals surface area contributed by atoms with Gasteiger partial charge in [0.2, 0.25) is 0 Å². The van der Waals surface area contributed by atoms with Gasteiger partial charge < -0.3 is 9.84 Å². The number of piperidine rings is 1. The van der Waals surface area contributed by atoms with E-state index in [0.29, 0.717) is 38.2 Å². The van der Waals surface area contributed by atoms with Crippen molar-refractivity contribution < 1.29 is 27.8 Å². The first-order valence-corrected chi connectivity index (χ1v) is 14.8. The Morgan fingerprint density at radius 1 is 1.02 bits per heavy atom. The van der Waals surface area contributed by atoms with E-state index in [1.165, 1.54) is 6.07 Å². The minimum Gasteiger partial charge on any atom is -0.389 e. The summed E-state index contributed by atoms with van der Waals surface area (Å²) in [5.41, 5.74) is 1.86. The summed E-state index contributed by atoms with van der Waals surface area (Å²) in [6.45, 7) is 3.14. The lowest BCUT2D eigenvalue weighted by molar-refractivity contribution is -0.137. The molecular weight excluding hydrogens is 565 g/mol. The van der Waals surface area contributed by atoms with E-state index in [1.54, 1.807) is 6.07 Å². The van der Waals surface area contributed by atoms with Crippen LogP contribution in [0.25, 0.3) is 0 Å². The topological polar surface area (TPSA) is 53.0 Å². The van der Waals surface area contributed by atoms with Crippen molar-refractivity contribution in [2.75, 3.05) is 45.9 Å². The number of nitrogens with zero attached hydrogens (tertiary/aromatic N) is 2. The van der Waals surface area contributed by atoms with Crippen LogP contribution in [0.15, 0.2) is 78.9 Å². The molecule has 3 aromatic carbocycles. The second-order valence-corrected chi connectivity index (χ2v) is 11.2. The van der Waals surface area contributed by atoms with Gasteiger partial charge in [0.15, 0.2) is 5.78 Å². The number of rotatable bonds is 14. The van der Waals surface area contributed by atoms with Gasteiger partial charge in [0.1, 0.15) is 6.61 Å². The minimum atomic E-state index is -4.53. The molecule has 0 aliphatic carbocycles. The molecular formula is C33H38ClF3N2O3. The number of likely N-dealkylation sites (tertiary alicyclic amines) is 1. The van der Waals surface area contributed by atoms with Gasteiger partial charge in [-0.3, -0.25) is 14.6 Å². The van der Waals surface area contributed by atoms with Gasteiger partial charge >= 0.3 is 6.18 Å². The van der Waals surface area contributed by atoms with Crippen LogP contribution < -0.4 is 0 Å². The third-order valence-corrected chi connectivity index (χ3v) is 8.08. The van der Waals surface area contributed by atoms with Crippen LogP contribution in [0, 0.1) is 0 Å². The molecule has 0 radical (unpaired) electrons. The van der Waals surface area contributed by atoms with Gasteiger partial charge in [0.25, 0.3) is 0 Å². The average Bonchev–Trinajstić information content (AvgIpc) is 2.99. The SMILES string of the molecule is O=C(CO)CN1CCCC(OCCCN(Cc2cccc(C(F)(F)F)c2Cl)CC(c2ccccc2)c2ccccc2)C1. The number of aliphatic hydroxyl groups excluding tert-OH is 1. The Morgan fingerprint density at radius 3 is 2.31 bits per heavy atom. The van der Waals surface area contributed by atoms with Crippen LogP contribution in [0.4, 0.5) is 13.2 Å². The maximum absolute atomic E-state index is 13.6. The van der Waals surface area contributed by atoms with Crippen LogP contribution in [0.1, 0.15) is 47.4 Å². The van der Waals surface area contributed by atoms with Crippen molar-refractivity contribution in [1.82, 2.24) is 9.80 Å². The van der Waals surface area contributed by atoms with Crippen molar-refractivity contribution in [3.05, 3.63) is 106 Å². The Labute approximate surface area is 250 Å². The Bertz CT molecular complexity index is 1220. The number of alkyl halides is 3. The molecule has 1 aliphatic heterocycles. The van der Waals surface area contributed by atoms with E-state index in [9.17, 15) is 18.0 Å². The molecule has 0 amide bonds. The Kier molecular flexibility index (Phi) is 12.0. The van der Waals surface area contributed by atoms with Crippen LogP contribution in [-0.2, 0) is 22.3 Å². The third kappa shape index (κ3) is 9.38. The van der Waals surface area contributed by atoms with Crippen molar-refractivity contribution in [3.63, 3.8) is 0 Å². The van der Waals surface area contributed by atoms with Crippen molar-refractivity contribution in [2.24, 2.45) is 0 Å². The summed E-state index contributed by atoms with van der Waals surface area (Å²) >= 11 is 6.32. The number of hydrogen-bond acceptors (Lipinski definition) is 5. The van der Waals surface area contributed by atoms with Crippen molar-refractivity contribution in [2.45, 2.75) is 44.0 Å².